The normalized spacial score (nSPS) is 20.2. The van der Waals surface area contributed by atoms with Crippen LogP contribution < -0.4 is 10.5 Å². The molecule has 4 aromatic rings. The van der Waals surface area contributed by atoms with Crippen molar-refractivity contribution in [1.82, 2.24) is 29.3 Å². The first-order valence-electron chi connectivity index (χ1n) is 12.4. The number of rotatable bonds is 5. The molecule has 1 saturated carbocycles. The highest BCUT2D eigenvalue weighted by Gasteiger charge is 2.31. The summed E-state index contributed by atoms with van der Waals surface area (Å²) in [7, 11) is 1.67. The minimum atomic E-state index is -2.67. The summed E-state index contributed by atoms with van der Waals surface area (Å²) in [5, 5.41) is 4.92. The van der Waals surface area contributed by atoms with Gasteiger partial charge < -0.3 is 9.64 Å². The Kier molecular flexibility index (Phi) is 5.74. The molecule has 1 aliphatic heterocycles. The molecule has 11 heteroatoms. The van der Waals surface area contributed by atoms with E-state index in [2.05, 4.69) is 26.2 Å². The number of aromatic nitrogens is 6. The molecule has 0 N–H and O–H groups in total. The molecule has 37 heavy (non-hydrogen) atoms. The molecule has 0 bridgehead atoms. The lowest BCUT2D eigenvalue weighted by molar-refractivity contribution is -0.0176. The van der Waals surface area contributed by atoms with Gasteiger partial charge in [0.1, 0.15) is 34.7 Å². The van der Waals surface area contributed by atoms with E-state index < -0.39 is 6.43 Å². The zero-order chi connectivity index (χ0) is 25.8. The Morgan fingerprint density at radius 1 is 1.14 bits per heavy atom. The highest BCUT2D eigenvalue weighted by Crippen LogP contribution is 2.36. The molecule has 2 aliphatic rings. The van der Waals surface area contributed by atoms with Gasteiger partial charge in [0.25, 0.3) is 12.0 Å². The monoisotopic (exact) mass is 507 g/mol. The van der Waals surface area contributed by atoms with Gasteiger partial charge in [0.15, 0.2) is 0 Å². The number of hydrogen-bond acceptors (Lipinski definition) is 7. The van der Waals surface area contributed by atoms with Gasteiger partial charge in [0, 0.05) is 37.1 Å². The van der Waals surface area contributed by atoms with Crippen LogP contribution in [0.1, 0.15) is 55.4 Å². The van der Waals surface area contributed by atoms with Crippen molar-refractivity contribution in [2.24, 2.45) is 7.05 Å². The van der Waals surface area contributed by atoms with Crippen LogP contribution in [0, 0.1) is 6.92 Å². The van der Waals surface area contributed by atoms with Crippen LogP contribution in [0.15, 0.2) is 41.6 Å². The molecule has 0 unspecified atom stereocenters. The van der Waals surface area contributed by atoms with Crippen LogP contribution in [-0.4, -0.2) is 48.5 Å². The van der Waals surface area contributed by atoms with Crippen LogP contribution in [0.2, 0.25) is 0 Å². The van der Waals surface area contributed by atoms with E-state index in [1.807, 2.05) is 17.8 Å². The van der Waals surface area contributed by atoms with Crippen molar-refractivity contribution in [1.29, 1.82) is 0 Å². The van der Waals surface area contributed by atoms with Gasteiger partial charge in [-0.15, -0.1) is 0 Å². The fraction of sp³-hybridized carbons (Fsp3) is 0.423. The van der Waals surface area contributed by atoms with Crippen molar-refractivity contribution >= 4 is 16.7 Å². The zero-order valence-electron chi connectivity index (χ0n) is 20.8. The Bertz CT molecular complexity index is 1530. The fourth-order valence-electron chi connectivity index (χ4n) is 4.78. The fourth-order valence-corrected chi connectivity index (χ4v) is 4.78. The molecule has 0 radical (unpaired) electrons. The van der Waals surface area contributed by atoms with Crippen molar-refractivity contribution in [2.75, 3.05) is 18.0 Å². The molecule has 0 spiro atoms. The number of ether oxygens (including phenoxy) is 1. The van der Waals surface area contributed by atoms with E-state index in [9.17, 15) is 13.6 Å². The predicted octanol–water partition coefficient (Wildman–Crippen LogP) is 4.13. The molecule has 9 nitrogen and oxygen atoms in total. The summed E-state index contributed by atoms with van der Waals surface area (Å²) in [5.41, 5.74) is 1.84. The first-order chi connectivity index (χ1) is 17.8. The Morgan fingerprint density at radius 3 is 2.65 bits per heavy atom. The molecule has 1 saturated heterocycles. The smallest absolute Gasteiger partial charge is 0.280 e. The first-order valence-corrected chi connectivity index (χ1v) is 12.4. The highest BCUT2D eigenvalue weighted by molar-refractivity contribution is 5.92. The average molecular weight is 508 g/mol. The number of pyridine rings is 2. The topological polar surface area (TPSA) is 91.0 Å². The maximum Gasteiger partial charge on any atom is 0.280 e. The Balaban J connectivity index is 1.44. The lowest BCUT2D eigenvalue weighted by Gasteiger charge is -2.37. The van der Waals surface area contributed by atoms with Gasteiger partial charge in [-0.2, -0.15) is 5.10 Å². The summed E-state index contributed by atoms with van der Waals surface area (Å²) in [6.45, 7) is 4.85. The summed E-state index contributed by atoms with van der Waals surface area (Å²) in [6, 6.07) is 5.06. The number of nitrogens with zero attached hydrogens (tertiary/aromatic N) is 7. The van der Waals surface area contributed by atoms with Crippen LogP contribution in [0.3, 0.4) is 0 Å². The van der Waals surface area contributed by atoms with Gasteiger partial charge in [0.05, 0.1) is 30.3 Å². The summed E-state index contributed by atoms with van der Waals surface area (Å²) in [5.74, 6) is 1.12. The molecular weight excluding hydrogens is 480 g/mol. The van der Waals surface area contributed by atoms with Crippen molar-refractivity contribution in [3.63, 3.8) is 0 Å². The van der Waals surface area contributed by atoms with E-state index in [0.29, 0.717) is 52.9 Å². The van der Waals surface area contributed by atoms with Crippen molar-refractivity contribution < 1.29 is 13.5 Å². The molecule has 0 aromatic carbocycles. The summed E-state index contributed by atoms with van der Waals surface area (Å²) >= 11 is 0. The van der Waals surface area contributed by atoms with E-state index in [1.165, 1.54) is 16.8 Å². The zero-order valence-corrected chi connectivity index (χ0v) is 20.8. The molecule has 6 rings (SSSR count). The van der Waals surface area contributed by atoms with E-state index in [0.717, 1.165) is 18.4 Å². The standard InChI is InChI=1S/C26H27F2N7O2/c1-14-11-34(13-21(37-14)17-10-30-35(12-17)18-5-6-18)22-8-19-24(31-15(2)33(3)26(19)36)23(32-22)16-4-7-20(25(27)28)29-9-16/h4,7-10,12,14,18,21,25H,5-6,11,13H2,1-3H3/t14-,21-/m1/s1. The lowest BCUT2D eigenvalue weighted by atomic mass is 10.1. The molecule has 4 aromatic heterocycles. The van der Waals surface area contributed by atoms with Gasteiger partial charge in [-0.1, -0.05) is 0 Å². The summed E-state index contributed by atoms with van der Waals surface area (Å²) in [4.78, 5) is 28.8. The SMILES string of the molecule is Cc1nc2c(-c3ccc(C(F)F)nc3)nc(N3C[C@@H](C)O[C@@H](c4cnn(C5CC5)c4)C3)cc2c(=O)n1C. The summed E-state index contributed by atoms with van der Waals surface area (Å²) < 4.78 is 36.0. The molecule has 192 valence electrons. The quantitative estimate of drug-likeness (QED) is 0.401. The molecular formula is C26H27F2N7O2. The van der Waals surface area contributed by atoms with Gasteiger partial charge in [-0.05, 0) is 44.9 Å². The number of hydrogen-bond donors (Lipinski definition) is 0. The van der Waals surface area contributed by atoms with E-state index >= 15 is 0 Å². The lowest BCUT2D eigenvalue weighted by Crippen LogP contribution is -2.43. The van der Waals surface area contributed by atoms with Crippen LogP contribution in [0.25, 0.3) is 22.2 Å². The predicted molar refractivity (Wildman–Crippen MR) is 134 cm³/mol. The third kappa shape index (κ3) is 4.37. The van der Waals surface area contributed by atoms with Gasteiger partial charge >= 0.3 is 0 Å². The van der Waals surface area contributed by atoms with Crippen molar-refractivity contribution in [3.05, 3.63) is 64.2 Å². The number of aryl methyl sites for hydroxylation is 1. The maximum atomic E-state index is 13.3. The van der Waals surface area contributed by atoms with Gasteiger partial charge in [-0.3, -0.25) is 19.0 Å². The molecule has 0 amide bonds. The second kappa shape index (κ2) is 8.98. The second-order valence-corrected chi connectivity index (χ2v) is 9.85. The Morgan fingerprint density at radius 2 is 1.95 bits per heavy atom. The number of alkyl halides is 2. The van der Waals surface area contributed by atoms with Crippen molar-refractivity contribution in [3.8, 4) is 11.3 Å². The molecule has 2 atom stereocenters. The van der Waals surface area contributed by atoms with Crippen LogP contribution in [0.4, 0.5) is 14.6 Å². The molecule has 2 fully saturated rings. The maximum absolute atomic E-state index is 13.3. The van der Waals surface area contributed by atoms with Crippen LogP contribution in [0.5, 0.6) is 0 Å². The minimum absolute atomic E-state index is 0.0880. The average Bonchev–Trinajstić information content (AvgIpc) is 3.62. The Labute approximate surface area is 211 Å². The van der Waals surface area contributed by atoms with Crippen LogP contribution >= 0.6 is 0 Å². The third-order valence-corrected chi connectivity index (χ3v) is 7.06. The third-order valence-electron chi connectivity index (χ3n) is 7.06. The highest BCUT2D eigenvalue weighted by atomic mass is 19.3. The Hall–Kier alpha value is -3.73. The van der Waals surface area contributed by atoms with Crippen molar-refractivity contribution in [2.45, 2.75) is 51.4 Å². The second-order valence-electron chi connectivity index (χ2n) is 9.85. The number of fused-ring (bicyclic) bond motifs is 1. The largest absolute Gasteiger partial charge is 0.367 e. The van der Waals surface area contributed by atoms with Gasteiger partial charge in [0.2, 0.25) is 0 Å². The first kappa shape index (κ1) is 23.7. The number of halogens is 2. The van der Waals surface area contributed by atoms with E-state index in [1.54, 1.807) is 26.1 Å². The number of anilines is 1. The number of morpholine rings is 1. The molecule has 5 heterocycles. The van der Waals surface area contributed by atoms with E-state index in [4.69, 9.17) is 9.72 Å². The summed E-state index contributed by atoms with van der Waals surface area (Å²) in [6.07, 6.45) is 4.60. The minimum Gasteiger partial charge on any atom is -0.367 e. The molecule has 1 aliphatic carbocycles. The van der Waals surface area contributed by atoms with E-state index in [-0.39, 0.29) is 23.5 Å². The van der Waals surface area contributed by atoms with Gasteiger partial charge in [-0.25, -0.2) is 18.7 Å². The van der Waals surface area contributed by atoms with Crippen LogP contribution in [-0.2, 0) is 11.8 Å².